The molecule has 0 aliphatic carbocycles. The minimum absolute atomic E-state index is 0.101. The number of alkyl halides is 3. The monoisotopic (exact) mass is 275 g/mol. The molecule has 2 nitrogen and oxygen atoms in total. The Balaban J connectivity index is 2.56. The molecule has 0 aromatic heterocycles. The Hall–Kier alpha value is -1.23. The summed E-state index contributed by atoms with van der Waals surface area (Å²) in [6.07, 6.45) is -4.15. The molecule has 0 saturated carbocycles. The van der Waals surface area contributed by atoms with Crippen LogP contribution in [-0.2, 0) is 6.42 Å². The van der Waals surface area contributed by atoms with Crippen LogP contribution in [0.2, 0.25) is 0 Å². The summed E-state index contributed by atoms with van der Waals surface area (Å²) >= 11 is 0. The highest BCUT2D eigenvalue weighted by molar-refractivity contribution is 5.27. The lowest BCUT2D eigenvalue weighted by Crippen LogP contribution is -2.32. The Labute approximate surface area is 112 Å². The van der Waals surface area contributed by atoms with Gasteiger partial charge in [-0.15, -0.1) is 0 Å². The number of nitrogens with one attached hydrogen (secondary N) is 1. The molecule has 0 amide bonds. The van der Waals surface area contributed by atoms with Crippen LogP contribution in [0, 0.1) is 0 Å². The van der Waals surface area contributed by atoms with Crippen LogP contribution in [-0.4, -0.2) is 25.9 Å². The largest absolute Gasteiger partial charge is 0.497 e. The molecule has 108 valence electrons. The van der Waals surface area contributed by atoms with E-state index >= 15 is 0 Å². The van der Waals surface area contributed by atoms with Crippen LogP contribution in [0.3, 0.4) is 0 Å². The number of methoxy groups -OCH3 is 1. The second kappa shape index (κ2) is 7.38. The molecule has 0 aliphatic rings. The first-order valence-electron chi connectivity index (χ1n) is 6.37. The third-order valence-electron chi connectivity index (χ3n) is 2.91. The van der Waals surface area contributed by atoms with Gasteiger partial charge in [-0.25, -0.2) is 0 Å². The third-order valence-corrected chi connectivity index (χ3v) is 2.91. The number of likely N-dealkylation sites (N-methyl/N-ethyl adjacent to an activating group) is 1. The highest BCUT2D eigenvalue weighted by Gasteiger charge is 2.28. The van der Waals surface area contributed by atoms with Crippen molar-refractivity contribution in [3.8, 4) is 5.75 Å². The summed E-state index contributed by atoms with van der Waals surface area (Å²) in [7, 11) is 1.58. The molecule has 1 atom stereocenters. The fraction of sp³-hybridized carbons (Fsp3) is 0.571. The lowest BCUT2D eigenvalue weighted by Gasteiger charge is -2.19. The summed E-state index contributed by atoms with van der Waals surface area (Å²) in [5.74, 6) is 0.749. The Bertz CT molecular complexity index is 362. The molecule has 19 heavy (non-hydrogen) atoms. The highest BCUT2D eigenvalue weighted by atomic mass is 19.4. The van der Waals surface area contributed by atoms with E-state index in [0.29, 0.717) is 13.0 Å². The molecular weight excluding hydrogens is 255 g/mol. The molecule has 0 bridgehead atoms. The van der Waals surface area contributed by atoms with Crippen molar-refractivity contribution >= 4 is 0 Å². The highest BCUT2D eigenvalue weighted by Crippen LogP contribution is 2.23. The van der Waals surface area contributed by atoms with E-state index in [1.807, 2.05) is 31.2 Å². The van der Waals surface area contributed by atoms with Crippen LogP contribution in [0.4, 0.5) is 13.2 Å². The predicted molar refractivity (Wildman–Crippen MR) is 69.5 cm³/mol. The Morgan fingerprint density at radius 2 is 1.84 bits per heavy atom. The van der Waals surface area contributed by atoms with E-state index in [-0.39, 0.29) is 12.5 Å². The van der Waals surface area contributed by atoms with Gasteiger partial charge in [0.25, 0.3) is 0 Å². The van der Waals surface area contributed by atoms with Crippen molar-refractivity contribution in [3.05, 3.63) is 29.8 Å². The molecule has 1 rings (SSSR count). The maximum Gasteiger partial charge on any atom is 0.389 e. The van der Waals surface area contributed by atoms with Crippen LogP contribution < -0.4 is 10.1 Å². The van der Waals surface area contributed by atoms with Gasteiger partial charge in [-0.3, -0.25) is 0 Å². The van der Waals surface area contributed by atoms with Crippen molar-refractivity contribution in [2.24, 2.45) is 0 Å². The third kappa shape index (κ3) is 6.47. The van der Waals surface area contributed by atoms with E-state index in [1.165, 1.54) is 0 Å². The molecule has 0 spiro atoms. The smallest absolute Gasteiger partial charge is 0.389 e. The summed E-state index contributed by atoms with van der Waals surface area (Å²) in [6, 6.07) is 7.26. The van der Waals surface area contributed by atoms with E-state index in [1.54, 1.807) is 7.11 Å². The zero-order valence-electron chi connectivity index (χ0n) is 11.3. The molecule has 0 saturated heterocycles. The fourth-order valence-electron chi connectivity index (χ4n) is 1.95. The van der Waals surface area contributed by atoms with Gasteiger partial charge in [0.1, 0.15) is 5.75 Å². The van der Waals surface area contributed by atoms with E-state index in [9.17, 15) is 13.2 Å². The van der Waals surface area contributed by atoms with Gasteiger partial charge in [-0.1, -0.05) is 19.1 Å². The molecule has 1 aromatic carbocycles. The zero-order chi connectivity index (χ0) is 14.3. The number of benzene rings is 1. The zero-order valence-corrected chi connectivity index (χ0v) is 11.3. The lowest BCUT2D eigenvalue weighted by atomic mass is 10.0. The van der Waals surface area contributed by atoms with Gasteiger partial charge in [0, 0.05) is 12.5 Å². The molecular formula is C14H20F3NO. The van der Waals surface area contributed by atoms with Crippen molar-refractivity contribution < 1.29 is 17.9 Å². The maximum atomic E-state index is 12.2. The van der Waals surface area contributed by atoms with Crippen molar-refractivity contribution in [1.82, 2.24) is 5.32 Å². The van der Waals surface area contributed by atoms with Gasteiger partial charge in [-0.2, -0.15) is 13.2 Å². The van der Waals surface area contributed by atoms with Crippen molar-refractivity contribution in [1.29, 1.82) is 0 Å². The van der Waals surface area contributed by atoms with Gasteiger partial charge in [0.05, 0.1) is 7.11 Å². The summed E-state index contributed by atoms with van der Waals surface area (Å²) in [5.41, 5.74) is 1.01. The minimum atomic E-state index is -4.09. The van der Waals surface area contributed by atoms with Gasteiger partial charge in [0.2, 0.25) is 0 Å². The van der Waals surface area contributed by atoms with Gasteiger partial charge in [0.15, 0.2) is 0 Å². The van der Waals surface area contributed by atoms with Crippen LogP contribution >= 0.6 is 0 Å². The first kappa shape index (κ1) is 15.8. The second-order valence-corrected chi connectivity index (χ2v) is 4.46. The number of hydrogen-bond acceptors (Lipinski definition) is 2. The molecule has 0 heterocycles. The number of ether oxygens (including phenoxy) is 1. The predicted octanol–water partition coefficient (Wildman–Crippen LogP) is 3.56. The first-order valence-corrected chi connectivity index (χ1v) is 6.37. The van der Waals surface area contributed by atoms with Gasteiger partial charge < -0.3 is 10.1 Å². The quantitative estimate of drug-likeness (QED) is 0.821. The molecule has 0 aliphatic heterocycles. The fourth-order valence-corrected chi connectivity index (χ4v) is 1.95. The SMILES string of the molecule is CCNC(CCC(F)(F)F)Cc1ccc(OC)cc1. The molecule has 5 heteroatoms. The van der Waals surface area contributed by atoms with E-state index in [0.717, 1.165) is 11.3 Å². The van der Waals surface area contributed by atoms with Gasteiger partial charge in [-0.05, 0) is 37.1 Å². The molecule has 1 aromatic rings. The molecule has 0 radical (unpaired) electrons. The van der Waals surface area contributed by atoms with Crippen molar-refractivity contribution in [2.75, 3.05) is 13.7 Å². The van der Waals surface area contributed by atoms with Gasteiger partial charge >= 0.3 is 6.18 Å². The summed E-state index contributed by atoms with van der Waals surface area (Å²) in [4.78, 5) is 0. The maximum absolute atomic E-state index is 12.2. The molecule has 1 unspecified atom stereocenters. The van der Waals surface area contributed by atoms with Crippen LogP contribution in [0.25, 0.3) is 0 Å². The molecule has 1 N–H and O–H groups in total. The average Bonchev–Trinajstić information content (AvgIpc) is 2.36. The topological polar surface area (TPSA) is 21.3 Å². The number of halogens is 3. The Kier molecular flexibility index (Phi) is 6.15. The van der Waals surface area contributed by atoms with E-state index in [2.05, 4.69) is 5.32 Å². The summed E-state index contributed by atoms with van der Waals surface area (Å²) in [6.45, 7) is 2.56. The summed E-state index contributed by atoms with van der Waals surface area (Å²) in [5, 5.41) is 3.10. The van der Waals surface area contributed by atoms with Crippen LogP contribution in [0.15, 0.2) is 24.3 Å². The normalized spacial score (nSPS) is 13.3. The summed E-state index contributed by atoms with van der Waals surface area (Å²) < 4.78 is 41.8. The molecule has 0 fully saturated rings. The average molecular weight is 275 g/mol. The van der Waals surface area contributed by atoms with Crippen LogP contribution in [0.5, 0.6) is 5.75 Å². The van der Waals surface area contributed by atoms with E-state index < -0.39 is 12.6 Å². The van der Waals surface area contributed by atoms with Crippen molar-refractivity contribution in [2.45, 2.75) is 38.4 Å². The van der Waals surface area contributed by atoms with Crippen molar-refractivity contribution in [3.63, 3.8) is 0 Å². The number of hydrogen-bond donors (Lipinski definition) is 1. The Morgan fingerprint density at radius 3 is 2.32 bits per heavy atom. The van der Waals surface area contributed by atoms with E-state index in [4.69, 9.17) is 4.74 Å². The number of rotatable bonds is 7. The Morgan fingerprint density at radius 1 is 1.21 bits per heavy atom. The first-order chi connectivity index (χ1) is 8.94. The minimum Gasteiger partial charge on any atom is -0.497 e. The second-order valence-electron chi connectivity index (χ2n) is 4.46. The lowest BCUT2D eigenvalue weighted by molar-refractivity contribution is -0.136. The standard InChI is InChI=1S/C14H20F3NO/c1-3-18-12(8-9-14(15,16)17)10-11-4-6-13(19-2)7-5-11/h4-7,12,18H,3,8-10H2,1-2H3. The van der Waals surface area contributed by atoms with Crippen LogP contribution in [0.1, 0.15) is 25.3 Å².